The Morgan fingerprint density at radius 3 is 1.74 bits per heavy atom. The van der Waals surface area contributed by atoms with Gasteiger partial charge in [-0.2, -0.15) is 0 Å². The predicted octanol–water partition coefficient (Wildman–Crippen LogP) is -1.84. The van der Waals surface area contributed by atoms with Crippen LogP contribution in [0.15, 0.2) is 35.3 Å². The summed E-state index contributed by atoms with van der Waals surface area (Å²) in [6.07, 6.45) is 1.90. The van der Waals surface area contributed by atoms with Crippen molar-refractivity contribution in [2.75, 3.05) is 19.7 Å². The number of nitrogens with two attached hydrogens (primary N) is 4. The van der Waals surface area contributed by atoms with Crippen LogP contribution >= 0.6 is 0 Å². The van der Waals surface area contributed by atoms with E-state index in [0.717, 1.165) is 5.56 Å². The molecule has 0 radical (unpaired) electrons. The fraction of sp³-hybridized carbons (Fsp3) is 0.641. The Hall–Kier alpha value is -5.30. The van der Waals surface area contributed by atoms with Crippen LogP contribution in [0, 0.1) is 17.8 Å². The van der Waals surface area contributed by atoms with Crippen molar-refractivity contribution in [3.8, 4) is 0 Å². The maximum absolute atomic E-state index is 13.7. The normalized spacial score (nSPS) is 14.7. The Labute approximate surface area is 341 Å². The summed E-state index contributed by atoms with van der Waals surface area (Å²) in [6, 6.07) is 2.68. The highest BCUT2D eigenvalue weighted by Gasteiger charge is 2.33. The number of primary amides is 1. The van der Waals surface area contributed by atoms with Gasteiger partial charge in [-0.05, 0) is 61.8 Å². The van der Waals surface area contributed by atoms with Gasteiger partial charge in [-0.25, -0.2) is 0 Å². The molecule has 0 saturated heterocycles. The molecule has 19 nitrogen and oxygen atoms in total. The Bertz CT molecular complexity index is 1520. The van der Waals surface area contributed by atoms with Gasteiger partial charge < -0.3 is 59.9 Å². The second-order valence-electron chi connectivity index (χ2n) is 15.3. The van der Waals surface area contributed by atoms with Crippen LogP contribution < -0.4 is 54.8 Å². The van der Waals surface area contributed by atoms with E-state index in [4.69, 9.17) is 22.9 Å². The fourth-order valence-corrected chi connectivity index (χ4v) is 5.80. The van der Waals surface area contributed by atoms with E-state index < -0.39 is 96.7 Å². The molecule has 19 heteroatoms. The molecule has 7 amide bonds. The first kappa shape index (κ1) is 50.7. The molecule has 0 aromatic heterocycles. The quantitative estimate of drug-likeness (QED) is 0.0266. The third-order valence-electron chi connectivity index (χ3n) is 9.25. The van der Waals surface area contributed by atoms with Crippen molar-refractivity contribution in [3.63, 3.8) is 0 Å². The molecule has 1 aromatic rings. The number of amides is 7. The van der Waals surface area contributed by atoms with E-state index in [1.54, 1.807) is 6.92 Å². The van der Waals surface area contributed by atoms with Crippen LogP contribution in [0.1, 0.15) is 85.6 Å². The number of aliphatic hydroxyl groups is 1. The number of hydrogen-bond acceptors (Lipinski definition) is 10. The second kappa shape index (κ2) is 26.6. The molecule has 0 aliphatic rings. The van der Waals surface area contributed by atoms with Gasteiger partial charge in [0, 0.05) is 6.54 Å². The van der Waals surface area contributed by atoms with E-state index in [-0.39, 0.29) is 56.4 Å². The summed E-state index contributed by atoms with van der Waals surface area (Å²) in [7, 11) is 0. The Balaban J connectivity index is 3.14. The van der Waals surface area contributed by atoms with E-state index in [2.05, 4.69) is 36.9 Å². The van der Waals surface area contributed by atoms with Crippen LogP contribution in [0.2, 0.25) is 0 Å². The Morgan fingerprint density at radius 1 is 0.690 bits per heavy atom. The third kappa shape index (κ3) is 19.7. The Kier molecular flexibility index (Phi) is 23.2. The second-order valence-corrected chi connectivity index (χ2v) is 15.3. The number of nitrogens with one attached hydrogen (secondary N) is 6. The summed E-state index contributed by atoms with van der Waals surface area (Å²) in [4.78, 5) is 96.0. The zero-order valence-corrected chi connectivity index (χ0v) is 34.7. The van der Waals surface area contributed by atoms with Crippen LogP contribution in [-0.2, 0) is 40.0 Å². The smallest absolute Gasteiger partial charge is 0.243 e. The van der Waals surface area contributed by atoms with Crippen molar-refractivity contribution in [2.45, 2.75) is 123 Å². The van der Waals surface area contributed by atoms with Crippen molar-refractivity contribution in [1.29, 1.82) is 0 Å². The molecule has 58 heavy (non-hydrogen) atoms. The minimum absolute atomic E-state index is 0.0300. The third-order valence-corrected chi connectivity index (χ3v) is 9.25. The van der Waals surface area contributed by atoms with Gasteiger partial charge in [0.25, 0.3) is 0 Å². The highest BCUT2D eigenvalue weighted by molar-refractivity contribution is 5.96. The molecule has 0 aliphatic heterocycles. The van der Waals surface area contributed by atoms with Gasteiger partial charge in [0.1, 0.15) is 36.3 Å². The average Bonchev–Trinajstić information content (AvgIpc) is 3.16. The summed E-state index contributed by atoms with van der Waals surface area (Å²) in [5, 5.41) is 25.0. The molecule has 0 saturated carbocycles. The first-order valence-electron chi connectivity index (χ1n) is 19.8. The van der Waals surface area contributed by atoms with Gasteiger partial charge in [0.05, 0.1) is 13.2 Å². The summed E-state index contributed by atoms with van der Waals surface area (Å²) in [5.41, 5.74) is 23.1. The minimum Gasteiger partial charge on any atom is -0.394 e. The van der Waals surface area contributed by atoms with E-state index in [0.29, 0.717) is 12.8 Å². The number of aliphatic hydroxyl groups excluding tert-OH is 1. The molecular weight excluding hydrogens is 750 g/mol. The number of hydrogen-bond donors (Lipinski definition) is 11. The van der Waals surface area contributed by atoms with Crippen molar-refractivity contribution in [3.05, 3.63) is 35.9 Å². The van der Waals surface area contributed by atoms with Crippen LogP contribution in [0.3, 0.4) is 0 Å². The van der Waals surface area contributed by atoms with Gasteiger partial charge in [0.15, 0.2) is 5.96 Å². The van der Waals surface area contributed by atoms with Gasteiger partial charge in [-0.15, -0.1) is 0 Å². The van der Waals surface area contributed by atoms with Crippen molar-refractivity contribution in [1.82, 2.24) is 31.9 Å². The zero-order valence-electron chi connectivity index (χ0n) is 34.7. The lowest BCUT2D eigenvalue weighted by Gasteiger charge is -2.28. The number of carbonyl (C=O) groups is 7. The summed E-state index contributed by atoms with van der Waals surface area (Å²) in [6.45, 7) is 9.88. The van der Waals surface area contributed by atoms with E-state index in [1.165, 1.54) is 0 Å². The van der Waals surface area contributed by atoms with Crippen LogP contribution in [0.5, 0.6) is 0 Å². The number of guanidine groups is 1. The van der Waals surface area contributed by atoms with Gasteiger partial charge >= 0.3 is 0 Å². The molecule has 0 unspecified atom stereocenters. The molecule has 7 atom stereocenters. The zero-order chi connectivity index (χ0) is 43.9. The average molecular weight is 818 g/mol. The van der Waals surface area contributed by atoms with Crippen LogP contribution in [0.4, 0.5) is 0 Å². The molecule has 0 aliphatic carbocycles. The number of carbonyl (C=O) groups excluding carboxylic acids is 7. The lowest BCUT2D eigenvalue weighted by molar-refractivity contribution is -0.135. The SMILES string of the molecule is CC[C@H](C)[C@H](NC(=O)[C@H](CC(C)C)NC(=O)[C@@H](N)CO)C(=O)NCC(=O)N[C@@H](CCCN=C(N)N)C(=O)N[C@@H](CC(C)C)C(=O)N[C@@H](CCc1ccccc1)C(N)=O. The molecular formula is C39H67N11O8. The molecule has 0 bridgehead atoms. The maximum Gasteiger partial charge on any atom is 0.243 e. The van der Waals surface area contributed by atoms with Gasteiger partial charge in [0.2, 0.25) is 41.4 Å². The standard InChI is InChI=1S/C39H67N11O8/c1-7-24(6)32(50-37(57)30(19-23(4)5)48-34(54)26(40)21-51)38(58)45-20-31(52)46-28(14-11-17-44-39(42)43)35(55)49-29(18-22(2)3)36(56)47-27(33(41)53)16-15-25-12-9-8-10-13-25/h8-10,12-13,22-24,26-30,32,51H,7,11,14-21,40H2,1-6H3,(H2,41,53)(H,45,58)(H,46,52)(H,47,56)(H,48,54)(H,49,55)(H,50,57)(H4,42,43,44)/t24-,26-,27-,28-,29-,30-,32-/m0/s1. The molecule has 0 heterocycles. The Morgan fingerprint density at radius 2 is 1.22 bits per heavy atom. The van der Waals surface area contributed by atoms with Crippen molar-refractivity contribution in [2.24, 2.45) is 45.7 Å². The molecule has 1 rings (SSSR count). The topological polar surface area (TPSA) is 328 Å². The van der Waals surface area contributed by atoms with Gasteiger partial charge in [-0.1, -0.05) is 78.3 Å². The monoisotopic (exact) mass is 818 g/mol. The first-order chi connectivity index (χ1) is 27.3. The van der Waals surface area contributed by atoms with E-state index in [9.17, 15) is 38.7 Å². The highest BCUT2D eigenvalue weighted by atomic mass is 16.3. The fourth-order valence-electron chi connectivity index (χ4n) is 5.80. The van der Waals surface area contributed by atoms with Crippen molar-refractivity contribution < 1.29 is 38.7 Å². The number of rotatable bonds is 27. The summed E-state index contributed by atoms with van der Waals surface area (Å²) < 4.78 is 0. The lowest BCUT2D eigenvalue weighted by Crippen LogP contribution is -2.59. The summed E-state index contributed by atoms with van der Waals surface area (Å²) >= 11 is 0. The summed E-state index contributed by atoms with van der Waals surface area (Å²) in [5.74, 6) is -5.50. The van der Waals surface area contributed by atoms with E-state index in [1.807, 2.05) is 65.0 Å². The number of benzene rings is 1. The first-order valence-corrected chi connectivity index (χ1v) is 19.8. The molecule has 15 N–H and O–H groups in total. The lowest BCUT2D eigenvalue weighted by atomic mass is 9.96. The van der Waals surface area contributed by atoms with Crippen molar-refractivity contribution >= 4 is 47.3 Å². The molecule has 0 spiro atoms. The number of aryl methyl sites for hydroxylation is 1. The minimum atomic E-state index is -1.24. The molecule has 1 aromatic carbocycles. The predicted molar refractivity (Wildman–Crippen MR) is 220 cm³/mol. The number of aliphatic imine (C=N–C) groups is 1. The van der Waals surface area contributed by atoms with Crippen LogP contribution in [-0.4, -0.2) is 108 Å². The van der Waals surface area contributed by atoms with Gasteiger partial charge in [-0.3, -0.25) is 38.6 Å². The van der Waals surface area contributed by atoms with E-state index >= 15 is 0 Å². The van der Waals surface area contributed by atoms with Crippen LogP contribution in [0.25, 0.3) is 0 Å². The number of nitrogens with zero attached hydrogens (tertiary/aromatic N) is 1. The molecule has 326 valence electrons. The largest absolute Gasteiger partial charge is 0.394 e. The molecule has 0 fully saturated rings. The maximum atomic E-state index is 13.7. The highest BCUT2D eigenvalue weighted by Crippen LogP contribution is 2.12.